The Kier molecular flexibility index (Phi) is 4.96. The molecule has 1 amide bonds. The van der Waals surface area contributed by atoms with E-state index in [0.29, 0.717) is 10.6 Å². The summed E-state index contributed by atoms with van der Waals surface area (Å²) in [6.07, 6.45) is 1.69. The van der Waals surface area contributed by atoms with E-state index in [2.05, 4.69) is 39.4 Å². The summed E-state index contributed by atoms with van der Waals surface area (Å²) in [6, 6.07) is 25.2. The molecule has 4 rings (SSSR count). The van der Waals surface area contributed by atoms with Crippen LogP contribution in [0.5, 0.6) is 0 Å². The van der Waals surface area contributed by atoms with E-state index in [4.69, 9.17) is 11.6 Å². The van der Waals surface area contributed by atoms with Crippen molar-refractivity contribution in [2.75, 3.05) is 0 Å². The Balaban J connectivity index is 1.73. The maximum Gasteiger partial charge on any atom is 0.272 e. The lowest BCUT2D eigenvalue weighted by Crippen LogP contribution is -2.18. The molecule has 0 atom stereocenters. The van der Waals surface area contributed by atoms with Crippen LogP contribution < -0.4 is 5.43 Å². The average molecular weight is 388 g/mol. The second-order valence-electron chi connectivity index (χ2n) is 6.38. The van der Waals surface area contributed by atoms with Crippen LogP contribution in [0.25, 0.3) is 22.2 Å². The van der Waals surface area contributed by atoms with Crippen molar-refractivity contribution in [3.05, 3.63) is 95.0 Å². The lowest BCUT2D eigenvalue weighted by molar-refractivity contribution is 0.0955. The first-order valence-corrected chi connectivity index (χ1v) is 9.25. The third kappa shape index (κ3) is 3.30. The number of carbonyl (C=O) groups excluding carboxylic acids is 1. The minimum absolute atomic E-state index is 0.344. The number of halogens is 1. The Morgan fingerprint density at radius 2 is 1.64 bits per heavy atom. The number of fused-ring (bicyclic) bond motifs is 1. The number of aryl methyl sites for hydroxylation is 1. The number of aromatic nitrogens is 1. The Hall–Kier alpha value is -3.37. The van der Waals surface area contributed by atoms with Gasteiger partial charge in [-0.05, 0) is 23.8 Å². The number of hydrogen-bond donors (Lipinski definition) is 1. The Morgan fingerprint density at radius 1 is 0.964 bits per heavy atom. The molecule has 5 heteroatoms. The molecule has 1 aromatic heterocycles. The van der Waals surface area contributed by atoms with Gasteiger partial charge in [0.25, 0.3) is 5.91 Å². The fraction of sp³-hybridized carbons (Fsp3) is 0.0435. The lowest BCUT2D eigenvalue weighted by Gasteiger charge is -2.06. The Morgan fingerprint density at radius 3 is 2.43 bits per heavy atom. The topological polar surface area (TPSA) is 46.4 Å². The van der Waals surface area contributed by atoms with Crippen molar-refractivity contribution in [2.24, 2.45) is 12.1 Å². The molecule has 0 fully saturated rings. The summed E-state index contributed by atoms with van der Waals surface area (Å²) < 4.78 is 2.14. The highest BCUT2D eigenvalue weighted by atomic mass is 35.5. The molecule has 0 saturated heterocycles. The predicted molar refractivity (Wildman–Crippen MR) is 115 cm³/mol. The van der Waals surface area contributed by atoms with Gasteiger partial charge in [-0.2, -0.15) is 5.10 Å². The van der Waals surface area contributed by atoms with Crippen LogP contribution in [-0.4, -0.2) is 16.7 Å². The summed E-state index contributed by atoms with van der Waals surface area (Å²) in [6.45, 7) is 0. The number of para-hydroxylation sites is 1. The Bertz CT molecular complexity index is 1180. The highest BCUT2D eigenvalue weighted by Gasteiger charge is 2.15. The van der Waals surface area contributed by atoms with E-state index < -0.39 is 0 Å². The molecule has 0 radical (unpaired) electrons. The zero-order valence-corrected chi connectivity index (χ0v) is 16.0. The lowest BCUT2D eigenvalue weighted by atomic mass is 10.1. The summed E-state index contributed by atoms with van der Waals surface area (Å²) in [5.74, 6) is -0.344. The van der Waals surface area contributed by atoms with Crippen LogP contribution in [0, 0.1) is 0 Å². The van der Waals surface area contributed by atoms with Gasteiger partial charge < -0.3 is 4.57 Å². The van der Waals surface area contributed by atoms with Crippen molar-refractivity contribution in [2.45, 2.75) is 0 Å². The summed E-state index contributed by atoms with van der Waals surface area (Å²) >= 11 is 6.09. The predicted octanol–water partition coefficient (Wildman–Crippen LogP) is 5.26. The van der Waals surface area contributed by atoms with Crippen molar-refractivity contribution >= 4 is 34.6 Å². The number of benzene rings is 3. The second-order valence-corrected chi connectivity index (χ2v) is 6.79. The van der Waals surface area contributed by atoms with Crippen LogP contribution in [0.15, 0.2) is 84.0 Å². The molecule has 1 N–H and O–H groups in total. The fourth-order valence-corrected chi connectivity index (χ4v) is 3.58. The molecule has 0 saturated carbocycles. The third-order valence-electron chi connectivity index (χ3n) is 4.67. The number of amides is 1. The van der Waals surface area contributed by atoms with E-state index in [1.54, 1.807) is 30.5 Å². The second kappa shape index (κ2) is 7.71. The quantitative estimate of drug-likeness (QED) is 0.376. The molecule has 4 aromatic rings. The molecule has 28 heavy (non-hydrogen) atoms. The van der Waals surface area contributed by atoms with Gasteiger partial charge in [0.05, 0.1) is 22.5 Å². The number of rotatable bonds is 4. The van der Waals surface area contributed by atoms with Gasteiger partial charge in [-0.3, -0.25) is 4.79 Å². The van der Waals surface area contributed by atoms with Gasteiger partial charge in [0.15, 0.2) is 0 Å². The minimum Gasteiger partial charge on any atom is -0.343 e. The summed E-state index contributed by atoms with van der Waals surface area (Å²) in [5.41, 5.74) is 7.14. The van der Waals surface area contributed by atoms with Crippen LogP contribution in [0.1, 0.15) is 15.9 Å². The highest BCUT2D eigenvalue weighted by Crippen LogP contribution is 2.31. The molecule has 0 aliphatic heterocycles. The minimum atomic E-state index is -0.344. The van der Waals surface area contributed by atoms with Crippen molar-refractivity contribution < 1.29 is 4.79 Å². The smallest absolute Gasteiger partial charge is 0.272 e. The zero-order valence-electron chi connectivity index (χ0n) is 15.3. The fourth-order valence-electron chi connectivity index (χ4n) is 3.36. The van der Waals surface area contributed by atoms with E-state index in [1.807, 2.05) is 37.4 Å². The van der Waals surface area contributed by atoms with E-state index in [-0.39, 0.29) is 5.91 Å². The number of hydrazone groups is 1. The Labute approximate surface area is 168 Å². The monoisotopic (exact) mass is 387 g/mol. The van der Waals surface area contributed by atoms with Crippen molar-refractivity contribution in [3.8, 4) is 11.3 Å². The summed E-state index contributed by atoms with van der Waals surface area (Å²) in [7, 11) is 2.03. The molecule has 0 aliphatic carbocycles. The van der Waals surface area contributed by atoms with Gasteiger partial charge in [0.1, 0.15) is 0 Å². The number of hydrogen-bond acceptors (Lipinski definition) is 2. The summed E-state index contributed by atoms with van der Waals surface area (Å²) in [4.78, 5) is 12.4. The standard InChI is InChI=1S/C23H18ClN3O/c1-27-21-14-8-6-11-17(21)19(22(27)16-9-3-2-4-10-16)15-25-26-23(28)18-12-5-7-13-20(18)24/h2-15H,1H3,(H,26,28). The van der Waals surface area contributed by atoms with Crippen LogP contribution in [0.3, 0.4) is 0 Å². The largest absolute Gasteiger partial charge is 0.343 e. The van der Waals surface area contributed by atoms with Crippen LogP contribution in [-0.2, 0) is 7.05 Å². The first kappa shape index (κ1) is 18.0. The normalized spacial score (nSPS) is 11.2. The number of nitrogens with one attached hydrogen (secondary N) is 1. The SMILES string of the molecule is Cn1c(-c2ccccc2)c(C=NNC(=O)c2ccccc2Cl)c2ccccc21. The maximum absolute atomic E-state index is 12.4. The van der Waals surface area contributed by atoms with Gasteiger partial charge >= 0.3 is 0 Å². The third-order valence-corrected chi connectivity index (χ3v) is 5.00. The van der Waals surface area contributed by atoms with E-state index in [1.165, 1.54) is 0 Å². The first-order valence-electron chi connectivity index (χ1n) is 8.87. The molecule has 0 bridgehead atoms. The summed E-state index contributed by atoms with van der Waals surface area (Å²) in [5, 5.41) is 5.68. The molecular weight excluding hydrogens is 370 g/mol. The molecule has 3 aromatic carbocycles. The number of carbonyl (C=O) groups is 1. The van der Waals surface area contributed by atoms with E-state index in [0.717, 1.165) is 27.7 Å². The number of nitrogens with zero attached hydrogens (tertiary/aromatic N) is 2. The molecule has 4 nitrogen and oxygen atoms in total. The molecule has 0 spiro atoms. The zero-order chi connectivity index (χ0) is 19.5. The van der Waals surface area contributed by atoms with E-state index >= 15 is 0 Å². The molecule has 0 aliphatic rings. The van der Waals surface area contributed by atoms with Gasteiger partial charge in [-0.1, -0.05) is 72.3 Å². The van der Waals surface area contributed by atoms with E-state index in [9.17, 15) is 4.79 Å². The first-order chi connectivity index (χ1) is 13.7. The van der Waals surface area contributed by atoms with Crippen molar-refractivity contribution in [1.29, 1.82) is 0 Å². The molecular formula is C23H18ClN3O. The van der Waals surface area contributed by atoms with Gasteiger partial charge in [-0.15, -0.1) is 0 Å². The molecule has 1 heterocycles. The molecule has 0 unspecified atom stereocenters. The van der Waals surface area contributed by atoms with Crippen LogP contribution >= 0.6 is 11.6 Å². The van der Waals surface area contributed by atoms with Crippen molar-refractivity contribution in [1.82, 2.24) is 9.99 Å². The average Bonchev–Trinajstić information content (AvgIpc) is 3.01. The van der Waals surface area contributed by atoms with Crippen LogP contribution in [0.2, 0.25) is 5.02 Å². The van der Waals surface area contributed by atoms with Crippen LogP contribution in [0.4, 0.5) is 0 Å². The highest BCUT2D eigenvalue weighted by molar-refractivity contribution is 6.33. The van der Waals surface area contributed by atoms with Crippen molar-refractivity contribution in [3.63, 3.8) is 0 Å². The maximum atomic E-state index is 12.4. The molecule has 138 valence electrons. The van der Waals surface area contributed by atoms with Gasteiger partial charge in [-0.25, -0.2) is 5.43 Å². The van der Waals surface area contributed by atoms with Gasteiger partial charge in [0, 0.05) is 23.5 Å². The van der Waals surface area contributed by atoms with Gasteiger partial charge in [0.2, 0.25) is 0 Å².